The number of ether oxygens (including phenoxy) is 1. The molecule has 3 N–H and O–H groups in total. The van der Waals surface area contributed by atoms with Gasteiger partial charge in [-0.3, -0.25) is 4.90 Å². The first-order valence-corrected chi connectivity index (χ1v) is 4.39. The Labute approximate surface area is 81.6 Å². The van der Waals surface area contributed by atoms with Gasteiger partial charge in [-0.05, 0) is 12.8 Å². The molecule has 14 heavy (non-hydrogen) atoms. The van der Waals surface area contributed by atoms with Crippen LogP contribution < -0.4 is 5.73 Å². The van der Waals surface area contributed by atoms with Crippen LogP contribution in [0.5, 0.6) is 0 Å². The van der Waals surface area contributed by atoms with Crippen molar-refractivity contribution in [3.8, 4) is 0 Å². The van der Waals surface area contributed by atoms with E-state index in [0.29, 0.717) is 12.8 Å². The van der Waals surface area contributed by atoms with Crippen LogP contribution in [-0.4, -0.2) is 47.8 Å². The lowest BCUT2D eigenvalue weighted by atomic mass is 9.98. The molecule has 1 aliphatic rings. The summed E-state index contributed by atoms with van der Waals surface area (Å²) in [6.07, 6.45) is -0.189. The van der Waals surface area contributed by atoms with Gasteiger partial charge in [0.2, 0.25) is 0 Å². The van der Waals surface area contributed by atoms with Crippen molar-refractivity contribution in [1.29, 1.82) is 0 Å². The molecule has 1 aliphatic heterocycles. The number of carboxylic acid groups (broad SMARTS) is 1. The molecule has 0 radical (unpaired) electrons. The topological polar surface area (TPSA) is 92.9 Å². The van der Waals surface area contributed by atoms with Crippen LogP contribution in [0.15, 0.2) is 0 Å². The van der Waals surface area contributed by atoms with Gasteiger partial charge in [0.15, 0.2) is 0 Å². The molecule has 1 amide bonds. The van der Waals surface area contributed by atoms with Crippen molar-refractivity contribution in [3.63, 3.8) is 0 Å². The summed E-state index contributed by atoms with van der Waals surface area (Å²) in [5, 5.41) is 8.82. The minimum Gasteiger partial charge on any atom is -0.467 e. The maximum Gasteiger partial charge on any atom is 0.408 e. The van der Waals surface area contributed by atoms with Gasteiger partial charge in [0, 0.05) is 12.6 Å². The summed E-state index contributed by atoms with van der Waals surface area (Å²) in [6.45, 7) is 0.288. The van der Waals surface area contributed by atoms with Crippen LogP contribution in [-0.2, 0) is 9.53 Å². The third-order valence-electron chi connectivity index (χ3n) is 2.36. The van der Waals surface area contributed by atoms with E-state index in [2.05, 4.69) is 4.74 Å². The Morgan fingerprint density at radius 3 is 2.71 bits per heavy atom. The quantitative estimate of drug-likeness (QED) is 0.566. The molecule has 1 saturated heterocycles. The van der Waals surface area contributed by atoms with Crippen molar-refractivity contribution >= 4 is 12.1 Å². The maximum absolute atomic E-state index is 11.2. The molecule has 80 valence electrons. The molecule has 0 aromatic carbocycles. The van der Waals surface area contributed by atoms with E-state index in [1.165, 1.54) is 7.11 Å². The number of hydrogen-bond acceptors (Lipinski definition) is 4. The van der Waals surface area contributed by atoms with Gasteiger partial charge in [-0.25, -0.2) is 9.59 Å². The second kappa shape index (κ2) is 4.28. The first-order chi connectivity index (χ1) is 6.56. The molecule has 0 aromatic heterocycles. The lowest BCUT2D eigenvalue weighted by molar-refractivity contribution is -0.147. The Balaban J connectivity index is 2.73. The SMILES string of the molecule is COC(=O)[C@@H]1CC(N)CCN1C(=O)O. The van der Waals surface area contributed by atoms with Gasteiger partial charge < -0.3 is 15.6 Å². The van der Waals surface area contributed by atoms with Crippen molar-refractivity contribution in [2.24, 2.45) is 5.73 Å². The summed E-state index contributed by atoms with van der Waals surface area (Å²) in [5.74, 6) is -0.539. The van der Waals surface area contributed by atoms with Crippen LogP contribution in [0.1, 0.15) is 12.8 Å². The van der Waals surface area contributed by atoms with E-state index < -0.39 is 18.1 Å². The molecule has 1 rings (SSSR count). The highest BCUT2D eigenvalue weighted by Crippen LogP contribution is 2.17. The Morgan fingerprint density at radius 2 is 2.21 bits per heavy atom. The normalized spacial score (nSPS) is 27.1. The van der Waals surface area contributed by atoms with E-state index in [1.807, 2.05) is 0 Å². The van der Waals surface area contributed by atoms with Crippen LogP contribution in [0.3, 0.4) is 0 Å². The third kappa shape index (κ3) is 2.14. The standard InChI is InChI=1S/C8H14N2O4/c1-14-7(11)6-4-5(9)2-3-10(6)8(12)13/h5-6H,2-4,9H2,1H3,(H,12,13)/t5?,6-/m0/s1. The van der Waals surface area contributed by atoms with Gasteiger partial charge in [-0.2, -0.15) is 0 Å². The Hall–Kier alpha value is -1.30. The number of piperidine rings is 1. The lowest BCUT2D eigenvalue weighted by Crippen LogP contribution is -2.53. The van der Waals surface area contributed by atoms with Crippen molar-refractivity contribution in [2.75, 3.05) is 13.7 Å². The molecule has 1 unspecified atom stereocenters. The van der Waals surface area contributed by atoms with Crippen LogP contribution >= 0.6 is 0 Å². The zero-order valence-electron chi connectivity index (χ0n) is 7.97. The fourth-order valence-electron chi connectivity index (χ4n) is 1.58. The van der Waals surface area contributed by atoms with Crippen LogP contribution in [0.25, 0.3) is 0 Å². The fourth-order valence-corrected chi connectivity index (χ4v) is 1.58. The van der Waals surface area contributed by atoms with Crippen molar-refractivity contribution in [1.82, 2.24) is 4.90 Å². The van der Waals surface area contributed by atoms with Crippen LogP contribution in [0, 0.1) is 0 Å². The van der Waals surface area contributed by atoms with Gasteiger partial charge in [-0.1, -0.05) is 0 Å². The van der Waals surface area contributed by atoms with Gasteiger partial charge in [0.1, 0.15) is 6.04 Å². The van der Waals surface area contributed by atoms with Crippen molar-refractivity contribution < 1.29 is 19.4 Å². The lowest BCUT2D eigenvalue weighted by Gasteiger charge is -2.34. The van der Waals surface area contributed by atoms with E-state index >= 15 is 0 Å². The summed E-state index contributed by atoms with van der Waals surface area (Å²) < 4.78 is 4.52. The highest BCUT2D eigenvalue weighted by molar-refractivity contribution is 5.81. The number of nitrogens with zero attached hydrogens (tertiary/aromatic N) is 1. The summed E-state index contributed by atoms with van der Waals surface area (Å²) in [7, 11) is 1.24. The summed E-state index contributed by atoms with van der Waals surface area (Å²) in [4.78, 5) is 23.1. The zero-order valence-corrected chi connectivity index (χ0v) is 7.97. The van der Waals surface area contributed by atoms with Gasteiger partial charge in [0.05, 0.1) is 7.11 Å². The molecule has 0 saturated carbocycles. The molecule has 0 aromatic rings. The first-order valence-electron chi connectivity index (χ1n) is 4.39. The second-order valence-corrected chi connectivity index (χ2v) is 3.30. The molecular weight excluding hydrogens is 188 g/mol. The molecule has 6 heteroatoms. The maximum atomic E-state index is 11.2. The van der Waals surface area contributed by atoms with E-state index in [1.54, 1.807) is 0 Å². The van der Waals surface area contributed by atoms with Gasteiger partial charge >= 0.3 is 12.1 Å². The predicted octanol–water partition coefficient (Wildman–Crippen LogP) is -0.371. The molecule has 1 fully saturated rings. The second-order valence-electron chi connectivity index (χ2n) is 3.30. The molecule has 0 spiro atoms. The number of likely N-dealkylation sites (tertiary alicyclic amines) is 1. The summed E-state index contributed by atoms with van der Waals surface area (Å²) in [5.41, 5.74) is 5.65. The molecular formula is C8H14N2O4. The number of esters is 1. The Bertz CT molecular complexity index is 243. The van der Waals surface area contributed by atoms with E-state index in [4.69, 9.17) is 10.8 Å². The largest absolute Gasteiger partial charge is 0.467 e. The third-order valence-corrected chi connectivity index (χ3v) is 2.36. The molecule has 0 bridgehead atoms. The van der Waals surface area contributed by atoms with E-state index in [9.17, 15) is 9.59 Å². The smallest absolute Gasteiger partial charge is 0.408 e. The zero-order chi connectivity index (χ0) is 10.7. The number of nitrogens with two attached hydrogens (primary N) is 1. The number of hydrogen-bond donors (Lipinski definition) is 2. The molecule has 6 nitrogen and oxygen atoms in total. The first kappa shape index (κ1) is 10.8. The van der Waals surface area contributed by atoms with Crippen molar-refractivity contribution in [2.45, 2.75) is 24.9 Å². The average molecular weight is 202 g/mol. The van der Waals surface area contributed by atoms with Gasteiger partial charge in [0.25, 0.3) is 0 Å². The van der Waals surface area contributed by atoms with E-state index in [0.717, 1.165) is 4.90 Å². The monoisotopic (exact) mass is 202 g/mol. The predicted molar refractivity (Wildman–Crippen MR) is 47.7 cm³/mol. The molecule has 1 heterocycles. The summed E-state index contributed by atoms with van der Waals surface area (Å²) >= 11 is 0. The van der Waals surface area contributed by atoms with Crippen LogP contribution in [0.4, 0.5) is 4.79 Å². The number of methoxy groups -OCH3 is 1. The van der Waals surface area contributed by atoms with Crippen molar-refractivity contribution in [3.05, 3.63) is 0 Å². The minimum atomic E-state index is -1.10. The van der Waals surface area contributed by atoms with E-state index in [-0.39, 0.29) is 12.6 Å². The highest BCUT2D eigenvalue weighted by Gasteiger charge is 2.35. The number of amides is 1. The van der Waals surface area contributed by atoms with Gasteiger partial charge in [-0.15, -0.1) is 0 Å². The fraction of sp³-hybridized carbons (Fsp3) is 0.750. The Morgan fingerprint density at radius 1 is 1.57 bits per heavy atom. The van der Waals surface area contributed by atoms with Crippen LogP contribution in [0.2, 0.25) is 0 Å². The number of carbonyl (C=O) groups is 2. The highest BCUT2D eigenvalue weighted by atomic mass is 16.5. The molecule has 0 aliphatic carbocycles. The number of rotatable bonds is 1. The number of carbonyl (C=O) groups excluding carboxylic acids is 1. The average Bonchev–Trinajstić information content (AvgIpc) is 2.16. The Kier molecular flexibility index (Phi) is 3.29. The molecule has 2 atom stereocenters. The summed E-state index contributed by atoms with van der Waals surface area (Å²) in [6, 6.07) is -0.879. The minimum absolute atomic E-state index is 0.130.